The minimum absolute atomic E-state index is 0.0330. The number of hydrogen-bond acceptors (Lipinski definition) is 6. The Kier molecular flexibility index (Phi) is 10.1. The van der Waals surface area contributed by atoms with E-state index in [0.29, 0.717) is 21.4 Å². The van der Waals surface area contributed by atoms with E-state index in [-0.39, 0.29) is 22.9 Å². The molecule has 3 aromatic rings. The van der Waals surface area contributed by atoms with E-state index in [1.165, 1.54) is 50.4 Å². The number of benzene rings is 3. The van der Waals surface area contributed by atoms with Crippen molar-refractivity contribution < 1.29 is 27.5 Å². The zero-order chi connectivity index (χ0) is 28.7. The van der Waals surface area contributed by atoms with Crippen LogP contribution in [0.25, 0.3) is 0 Å². The number of likely N-dealkylation sites (N-methyl/N-ethyl adjacent to an activating group) is 1. The Labute approximate surface area is 238 Å². The predicted octanol–water partition coefficient (Wildman–Crippen LogP) is 4.37. The number of methoxy groups -OCH3 is 2. The maximum atomic E-state index is 13.9. The first-order valence-electron chi connectivity index (χ1n) is 11.8. The van der Waals surface area contributed by atoms with Crippen LogP contribution in [0.1, 0.15) is 12.5 Å². The molecular weight excluding hydrogens is 565 g/mol. The second-order valence-corrected chi connectivity index (χ2v) is 11.1. The smallest absolute Gasteiger partial charge is 0.264 e. The summed E-state index contributed by atoms with van der Waals surface area (Å²) in [6, 6.07) is 16.2. The van der Waals surface area contributed by atoms with Crippen LogP contribution in [0.2, 0.25) is 10.0 Å². The number of sulfonamides is 1. The van der Waals surface area contributed by atoms with Gasteiger partial charge in [0.2, 0.25) is 11.8 Å². The van der Waals surface area contributed by atoms with Crippen LogP contribution in [0, 0.1) is 0 Å². The molecule has 1 atom stereocenters. The van der Waals surface area contributed by atoms with Gasteiger partial charge in [0.05, 0.1) is 24.8 Å². The van der Waals surface area contributed by atoms with Gasteiger partial charge in [-0.3, -0.25) is 13.9 Å². The standard InChI is InChI=1S/C27H29Cl2N3O6S/c1-18(27(34)30-2)31(16-19-10-11-20(28)14-23(19)29)26(33)17-32(39(35,36)22-8-6-5-7-9-22)24-15-21(37-3)12-13-25(24)38-4/h5-15,18H,16-17H2,1-4H3,(H,30,34)/t18-/m1/s1. The zero-order valence-electron chi connectivity index (χ0n) is 21.9. The molecule has 0 radical (unpaired) electrons. The molecule has 208 valence electrons. The Morgan fingerprint density at radius 2 is 1.67 bits per heavy atom. The molecule has 0 aromatic heterocycles. The van der Waals surface area contributed by atoms with Crippen molar-refractivity contribution in [3.8, 4) is 11.5 Å². The summed E-state index contributed by atoms with van der Waals surface area (Å²) < 4.78 is 39.5. The first kappa shape index (κ1) is 30.1. The van der Waals surface area contributed by atoms with Crippen LogP contribution in [0.3, 0.4) is 0 Å². The van der Waals surface area contributed by atoms with E-state index >= 15 is 0 Å². The Morgan fingerprint density at radius 1 is 0.974 bits per heavy atom. The molecule has 0 fully saturated rings. The van der Waals surface area contributed by atoms with Crippen molar-refractivity contribution in [2.24, 2.45) is 0 Å². The molecule has 0 aliphatic rings. The summed E-state index contributed by atoms with van der Waals surface area (Å²) in [7, 11) is 0.00793. The number of carbonyl (C=O) groups excluding carboxylic acids is 2. The van der Waals surface area contributed by atoms with Crippen LogP contribution in [0.5, 0.6) is 11.5 Å². The first-order chi connectivity index (χ1) is 18.5. The topological polar surface area (TPSA) is 105 Å². The zero-order valence-corrected chi connectivity index (χ0v) is 24.2. The molecule has 0 unspecified atom stereocenters. The van der Waals surface area contributed by atoms with Gasteiger partial charge in [-0.15, -0.1) is 0 Å². The lowest BCUT2D eigenvalue weighted by atomic mass is 10.1. The summed E-state index contributed by atoms with van der Waals surface area (Å²) in [5.74, 6) is -0.531. The summed E-state index contributed by atoms with van der Waals surface area (Å²) in [6.45, 7) is 0.827. The van der Waals surface area contributed by atoms with Gasteiger partial charge >= 0.3 is 0 Å². The molecule has 2 amide bonds. The van der Waals surface area contributed by atoms with E-state index in [1.807, 2.05) is 0 Å². The number of halogens is 2. The van der Waals surface area contributed by atoms with Crippen LogP contribution in [-0.2, 0) is 26.2 Å². The Bertz CT molecular complexity index is 1440. The summed E-state index contributed by atoms with van der Waals surface area (Å²) >= 11 is 12.4. The fourth-order valence-electron chi connectivity index (χ4n) is 3.85. The summed E-state index contributed by atoms with van der Waals surface area (Å²) in [5, 5.41) is 3.24. The molecule has 3 rings (SSSR count). The number of anilines is 1. The van der Waals surface area contributed by atoms with Crippen molar-refractivity contribution in [1.29, 1.82) is 0 Å². The molecule has 0 saturated heterocycles. The maximum absolute atomic E-state index is 13.9. The minimum atomic E-state index is -4.27. The van der Waals surface area contributed by atoms with Gasteiger partial charge in [-0.1, -0.05) is 47.5 Å². The van der Waals surface area contributed by atoms with Gasteiger partial charge in [0, 0.05) is 29.7 Å². The van der Waals surface area contributed by atoms with Gasteiger partial charge in [-0.25, -0.2) is 8.42 Å². The van der Waals surface area contributed by atoms with Crippen LogP contribution in [-0.4, -0.2) is 59.0 Å². The van der Waals surface area contributed by atoms with E-state index < -0.39 is 34.4 Å². The molecule has 3 aromatic carbocycles. The molecule has 0 saturated carbocycles. The predicted molar refractivity (Wildman–Crippen MR) is 151 cm³/mol. The maximum Gasteiger partial charge on any atom is 0.264 e. The van der Waals surface area contributed by atoms with Crippen molar-refractivity contribution in [3.05, 3.63) is 82.3 Å². The van der Waals surface area contributed by atoms with Crippen LogP contribution in [0.15, 0.2) is 71.6 Å². The molecule has 39 heavy (non-hydrogen) atoms. The van der Waals surface area contributed by atoms with Gasteiger partial charge in [-0.05, 0) is 48.9 Å². The third-order valence-electron chi connectivity index (χ3n) is 6.03. The molecule has 0 aliphatic heterocycles. The van der Waals surface area contributed by atoms with Crippen molar-refractivity contribution in [2.45, 2.75) is 24.4 Å². The van der Waals surface area contributed by atoms with Crippen LogP contribution < -0.4 is 19.1 Å². The molecule has 12 heteroatoms. The van der Waals surface area contributed by atoms with Crippen molar-refractivity contribution in [2.75, 3.05) is 32.1 Å². The highest BCUT2D eigenvalue weighted by Gasteiger charge is 2.34. The molecule has 9 nitrogen and oxygen atoms in total. The molecule has 0 spiro atoms. The summed E-state index contributed by atoms with van der Waals surface area (Å²) in [6.07, 6.45) is 0. The number of ether oxygens (including phenoxy) is 2. The van der Waals surface area contributed by atoms with E-state index in [1.54, 1.807) is 49.4 Å². The summed E-state index contributed by atoms with van der Waals surface area (Å²) in [5.41, 5.74) is 0.618. The SMILES string of the molecule is CNC(=O)[C@@H](C)N(Cc1ccc(Cl)cc1Cl)C(=O)CN(c1cc(OC)ccc1OC)S(=O)(=O)c1ccccc1. The van der Waals surface area contributed by atoms with Crippen molar-refractivity contribution in [1.82, 2.24) is 10.2 Å². The third kappa shape index (κ3) is 6.95. The number of nitrogens with zero attached hydrogens (tertiary/aromatic N) is 2. The average molecular weight is 595 g/mol. The third-order valence-corrected chi connectivity index (χ3v) is 8.40. The largest absolute Gasteiger partial charge is 0.497 e. The average Bonchev–Trinajstić information content (AvgIpc) is 2.94. The lowest BCUT2D eigenvalue weighted by Gasteiger charge is -2.32. The molecular formula is C27H29Cl2N3O6S. The van der Waals surface area contributed by atoms with Gasteiger partial charge in [0.25, 0.3) is 10.0 Å². The van der Waals surface area contributed by atoms with Gasteiger partial charge in [0.1, 0.15) is 24.1 Å². The second-order valence-electron chi connectivity index (χ2n) is 8.41. The van der Waals surface area contributed by atoms with Crippen LogP contribution in [0.4, 0.5) is 5.69 Å². The Balaban J connectivity index is 2.13. The highest BCUT2D eigenvalue weighted by Crippen LogP contribution is 2.36. The molecule has 0 bridgehead atoms. The normalized spacial score (nSPS) is 11.8. The van der Waals surface area contributed by atoms with E-state index in [4.69, 9.17) is 32.7 Å². The van der Waals surface area contributed by atoms with Gasteiger partial charge in [0.15, 0.2) is 0 Å². The number of nitrogens with one attached hydrogen (secondary N) is 1. The number of amides is 2. The van der Waals surface area contributed by atoms with Gasteiger partial charge in [-0.2, -0.15) is 0 Å². The van der Waals surface area contributed by atoms with E-state index in [0.717, 1.165) is 4.31 Å². The van der Waals surface area contributed by atoms with Crippen molar-refractivity contribution >= 4 is 50.7 Å². The lowest BCUT2D eigenvalue weighted by molar-refractivity contribution is -0.139. The fraction of sp³-hybridized carbons (Fsp3) is 0.259. The second kappa shape index (κ2) is 13.1. The van der Waals surface area contributed by atoms with Gasteiger partial charge < -0.3 is 19.7 Å². The highest BCUT2D eigenvalue weighted by molar-refractivity contribution is 7.92. The monoisotopic (exact) mass is 593 g/mol. The summed E-state index contributed by atoms with van der Waals surface area (Å²) in [4.78, 5) is 27.7. The number of hydrogen-bond donors (Lipinski definition) is 1. The first-order valence-corrected chi connectivity index (χ1v) is 14.0. The van der Waals surface area contributed by atoms with Crippen molar-refractivity contribution in [3.63, 3.8) is 0 Å². The Morgan fingerprint density at radius 3 is 2.26 bits per heavy atom. The molecule has 0 aliphatic carbocycles. The number of carbonyl (C=O) groups is 2. The highest BCUT2D eigenvalue weighted by atomic mass is 35.5. The molecule has 0 heterocycles. The molecule has 1 N–H and O–H groups in total. The Hall–Kier alpha value is -3.47. The fourth-order valence-corrected chi connectivity index (χ4v) is 5.76. The van der Waals surface area contributed by atoms with E-state index in [9.17, 15) is 18.0 Å². The lowest BCUT2D eigenvalue weighted by Crippen LogP contribution is -2.50. The minimum Gasteiger partial charge on any atom is -0.497 e. The quantitative estimate of drug-likeness (QED) is 0.354. The number of rotatable bonds is 11. The van der Waals surface area contributed by atoms with Crippen LogP contribution >= 0.6 is 23.2 Å². The van der Waals surface area contributed by atoms with E-state index in [2.05, 4.69) is 5.32 Å².